The molecule has 1 saturated carbocycles. The van der Waals surface area contributed by atoms with Crippen LogP contribution in [0.25, 0.3) is 0 Å². The van der Waals surface area contributed by atoms with E-state index in [1.54, 1.807) is 4.90 Å². The number of fused-ring (bicyclic) bond motifs is 1. The van der Waals surface area contributed by atoms with E-state index in [9.17, 15) is 9.59 Å². The molecule has 0 aromatic heterocycles. The van der Waals surface area contributed by atoms with Crippen LogP contribution in [0.1, 0.15) is 20.8 Å². The van der Waals surface area contributed by atoms with Gasteiger partial charge in [0, 0.05) is 19.0 Å². The Morgan fingerprint density at radius 3 is 2.27 bits per heavy atom. The number of carbonyl (C=O) groups excluding carboxylic acids is 2. The monoisotopic (exact) mass is 211 g/mol. The van der Waals surface area contributed by atoms with Crippen molar-refractivity contribution in [3.05, 3.63) is 0 Å². The molecule has 15 heavy (non-hydrogen) atoms. The number of ether oxygens (including phenoxy) is 1. The quantitative estimate of drug-likeness (QED) is 0.614. The molecule has 2 fully saturated rings. The molecule has 0 radical (unpaired) electrons. The van der Waals surface area contributed by atoms with E-state index in [0.29, 0.717) is 24.9 Å². The van der Waals surface area contributed by atoms with E-state index < -0.39 is 5.60 Å². The number of nitrogens with zero attached hydrogens (tertiary/aromatic N) is 1. The molecular formula is C11H17NO3. The van der Waals surface area contributed by atoms with Gasteiger partial charge in [-0.25, -0.2) is 4.79 Å². The maximum atomic E-state index is 11.6. The second kappa shape index (κ2) is 3.22. The van der Waals surface area contributed by atoms with E-state index in [1.165, 1.54) is 0 Å². The van der Waals surface area contributed by atoms with Crippen molar-refractivity contribution in [3.8, 4) is 0 Å². The molecule has 1 heterocycles. The molecule has 0 unspecified atom stereocenters. The Morgan fingerprint density at radius 1 is 1.33 bits per heavy atom. The number of aldehydes is 1. The highest BCUT2D eigenvalue weighted by molar-refractivity contribution is 5.70. The van der Waals surface area contributed by atoms with Crippen LogP contribution >= 0.6 is 0 Å². The molecular weight excluding hydrogens is 194 g/mol. The highest BCUT2D eigenvalue weighted by Gasteiger charge is 2.57. The summed E-state index contributed by atoms with van der Waals surface area (Å²) in [6.45, 7) is 6.94. The molecule has 4 heteroatoms. The fraction of sp³-hybridized carbons (Fsp3) is 0.818. The van der Waals surface area contributed by atoms with Crippen LogP contribution in [0, 0.1) is 17.8 Å². The van der Waals surface area contributed by atoms with Crippen molar-refractivity contribution in [3.63, 3.8) is 0 Å². The predicted octanol–water partition coefficient (Wildman–Crippen LogP) is 1.30. The Balaban J connectivity index is 1.84. The molecule has 2 atom stereocenters. The first kappa shape index (κ1) is 10.5. The van der Waals surface area contributed by atoms with Crippen molar-refractivity contribution < 1.29 is 14.3 Å². The van der Waals surface area contributed by atoms with Crippen molar-refractivity contribution >= 4 is 12.4 Å². The average Bonchev–Trinajstić information content (AvgIpc) is 2.54. The summed E-state index contributed by atoms with van der Waals surface area (Å²) in [4.78, 5) is 23.9. The van der Waals surface area contributed by atoms with Crippen LogP contribution < -0.4 is 0 Å². The molecule has 0 aromatic rings. The van der Waals surface area contributed by atoms with Crippen LogP contribution in [-0.4, -0.2) is 36.0 Å². The van der Waals surface area contributed by atoms with Gasteiger partial charge in [0.2, 0.25) is 0 Å². The number of amides is 1. The molecule has 1 amide bonds. The molecule has 84 valence electrons. The predicted molar refractivity (Wildman–Crippen MR) is 54.3 cm³/mol. The summed E-state index contributed by atoms with van der Waals surface area (Å²) < 4.78 is 5.26. The number of piperidine rings is 1. The third-order valence-corrected chi connectivity index (χ3v) is 3.07. The van der Waals surface area contributed by atoms with Gasteiger partial charge in [-0.2, -0.15) is 0 Å². The van der Waals surface area contributed by atoms with Crippen molar-refractivity contribution in [1.82, 2.24) is 4.90 Å². The van der Waals surface area contributed by atoms with Crippen LogP contribution in [0.4, 0.5) is 4.79 Å². The van der Waals surface area contributed by atoms with E-state index in [4.69, 9.17) is 4.74 Å². The van der Waals surface area contributed by atoms with Crippen molar-refractivity contribution in [2.24, 2.45) is 17.8 Å². The lowest BCUT2D eigenvalue weighted by Gasteiger charge is -2.25. The van der Waals surface area contributed by atoms with Gasteiger partial charge in [-0.05, 0) is 32.6 Å². The first-order chi connectivity index (χ1) is 6.92. The number of likely N-dealkylation sites (tertiary alicyclic amines) is 1. The Bertz CT molecular complexity index is 283. The summed E-state index contributed by atoms with van der Waals surface area (Å²) in [6.07, 6.45) is 0.765. The smallest absolute Gasteiger partial charge is 0.410 e. The van der Waals surface area contributed by atoms with Crippen molar-refractivity contribution in [1.29, 1.82) is 0 Å². The van der Waals surface area contributed by atoms with Crippen LogP contribution in [-0.2, 0) is 9.53 Å². The topological polar surface area (TPSA) is 46.6 Å². The Morgan fingerprint density at radius 2 is 1.87 bits per heavy atom. The summed E-state index contributed by atoms with van der Waals surface area (Å²) in [5.74, 6) is 0.994. The fourth-order valence-electron chi connectivity index (χ4n) is 2.25. The molecule has 0 N–H and O–H groups in total. The maximum absolute atomic E-state index is 11.6. The minimum Gasteiger partial charge on any atom is -0.444 e. The largest absolute Gasteiger partial charge is 0.444 e. The van der Waals surface area contributed by atoms with Crippen LogP contribution in [0.5, 0.6) is 0 Å². The lowest BCUT2D eigenvalue weighted by atomic mass is 10.2. The van der Waals surface area contributed by atoms with Gasteiger partial charge in [-0.1, -0.05) is 0 Å². The van der Waals surface area contributed by atoms with E-state index in [-0.39, 0.29) is 12.0 Å². The van der Waals surface area contributed by atoms with E-state index in [0.717, 1.165) is 6.29 Å². The standard InChI is InChI=1S/C11H17NO3/c1-11(2,3)15-10(14)12-4-7-8(5-12)9(7)6-13/h6-9H,4-5H2,1-3H3/t7-,8-/m1/s1. The van der Waals surface area contributed by atoms with Gasteiger partial charge in [-0.3, -0.25) is 0 Å². The summed E-state index contributed by atoms with van der Waals surface area (Å²) in [5.41, 5.74) is -0.437. The molecule has 2 aliphatic rings. The van der Waals surface area contributed by atoms with Crippen molar-refractivity contribution in [2.45, 2.75) is 26.4 Å². The van der Waals surface area contributed by atoms with Crippen LogP contribution in [0.15, 0.2) is 0 Å². The Hall–Kier alpha value is -1.06. The zero-order valence-electron chi connectivity index (χ0n) is 9.40. The van der Waals surface area contributed by atoms with Crippen molar-refractivity contribution in [2.75, 3.05) is 13.1 Å². The number of rotatable bonds is 1. The number of hydrogen-bond donors (Lipinski definition) is 0. The minimum atomic E-state index is -0.437. The van der Waals surface area contributed by atoms with Gasteiger partial charge >= 0.3 is 6.09 Å². The van der Waals surface area contributed by atoms with Gasteiger partial charge in [0.1, 0.15) is 11.9 Å². The van der Waals surface area contributed by atoms with Crippen LogP contribution in [0.2, 0.25) is 0 Å². The van der Waals surface area contributed by atoms with E-state index in [2.05, 4.69) is 0 Å². The molecule has 0 spiro atoms. The number of hydrogen-bond acceptors (Lipinski definition) is 3. The SMILES string of the molecule is CC(C)(C)OC(=O)N1C[C@H]2C(C=O)[C@@H]2C1. The lowest BCUT2D eigenvalue weighted by Crippen LogP contribution is -2.37. The summed E-state index contributed by atoms with van der Waals surface area (Å²) in [7, 11) is 0. The Kier molecular flexibility index (Phi) is 2.24. The lowest BCUT2D eigenvalue weighted by molar-refractivity contribution is -0.109. The summed E-state index contributed by atoms with van der Waals surface area (Å²) >= 11 is 0. The van der Waals surface area contributed by atoms with Gasteiger partial charge in [0.15, 0.2) is 0 Å². The molecule has 0 bridgehead atoms. The first-order valence-corrected chi connectivity index (χ1v) is 5.35. The molecule has 0 aromatic carbocycles. The van der Waals surface area contributed by atoms with Gasteiger partial charge in [0.25, 0.3) is 0 Å². The second-order valence-electron chi connectivity index (χ2n) is 5.43. The minimum absolute atomic E-state index is 0.198. The zero-order chi connectivity index (χ0) is 11.2. The molecule has 1 aliphatic carbocycles. The normalized spacial score (nSPS) is 33.5. The van der Waals surface area contributed by atoms with Gasteiger partial charge in [-0.15, -0.1) is 0 Å². The molecule has 2 rings (SSSR count). The average molecular weight is 211 g/mol. The molecule has 1 aliphatic heterocycles. The third kappa shape index (κ3) is 1.98. The highest BCUT2D eigenvalue weighted by atomic mass is 16.6. The summed E-state index contributed by atoms with van der Waals surface area (Å²) in [6, 6.07) is 0. The first-order valence-electron chi connectivity index (χ1n) is 5.35. The summed E-state index contributed by atoms with van der Waals surface area (Å²) in [5, 5.41) is 0. The van der Waals surface area contributed by atoms with E-state index >= 15 is 0 Å². The maximum Gasteiger partial charge on any atom is 0.410 e. The second-order valence-corrected chi connectivity index (χ2v) is 5.43. The highest BCUT2D eigenvalue weighted by Crippen LogP contribution is 2.50. The molecule has 4 nitrogen and oxygen atoms in total. The van der Waals surface area contributed by atoms with Crippen LogP contribution in [0.3, 0.4) is 0 Å². The Labute approximate surface area is 89.6 Å². The van der Waals surface area contributed by atoms with Gasteiger partial charge in [0.05, 0.1) is 0 Å². The molecule has 1 saturated heterocycles. The van der Waals surface area contributed by atoms with E-state index in [1.807, 2.05) is 20.8 Å². The van der Waals surface area contributed by atoms with Gasteiger partial charge < -0.3 is 14.4 Å². The third-order valence-electron chi connectivity index (χ3n) is 3.07. The fourth-order valence-corrected chi connectivity index (χ4v) is 2.25. The number of carbonyl (C=O) groups is 2. The zero-order valence-corrected chi connectivity index (χ0v) is 9.40.